The first-order chi connectivity index (χ1) is 9.10. The Morgan fingerprint density at radius 3 is 1.79 bits per heavy atom. The Bertz CT molecular complexity index is 284. The molecule has 0 N–H and O–H groups in total. The molecule has 0 aromatic rings. The maximum absolute atomic E-state index is 11.5. The van der Waals surface area contributed by atoms with Gasteiger partial charge < -0.3 is 4.74 Å². The molecule has 4 heteroatoms. The Morgan fingerprint density at radius 1 is 0.737 bits per heavy atom. The summed E-state index contributed by atoms with van der Waals surface area (Å²) in [6.07, 6.45) is 5.06. The van der Waals surface area contributed by atoms with Crippen LogP contribution in [0.3, 0.4) is 0 Å². The van der Waals surface area contributed by atoms with Crippen molar-refractivity contribution in [2.24, 2.45) is 0 Å². The Labute approximate surface area is 115 Å². The molecule has 0 aliphatic rings. The maximum atomic E-state index is 11.5. The van der Waals surface area contributed by atoms with E-state index in [1.54, 1.807) is 14.0 Å². The quantitative estimate of drug-likeness (QED) is 0.483. The van der Waals surface area contributed by atoms with Crippen LogP contribution >= 0.6 is 0 Å². The van der Waals surface area contributed by atoms with Gasteiger partial charge in [-0.25, -0.2) is 0 Å². The van der Waals surface area contributed by atoms with Gasteiger partial charge in [-0.2, -0.15) is 0 Å². The molecule has 0 rings (SSSR count). The van der Waals surface area contributed by atoms with Crippen LogP contribution in [0, 0.1) is 0 Å². The third kappa shape index (κ3) is 11.8. The van der Waals surface area contributed by atoms with E-state index >= 15 is 0 Å². The molecule has 0 saturated carbocycles. The highest BCUT2D eigenvalue weighted by Gasteiger charge is 2.08. The maximum Gasteiger partial charge on any atom is 0.133 e. The van der Waals surface area contributed by atoms with Gasteiger partial charge in [-0.05, 0) is 12.8 Å². The fourth-order valence-corrected chi connectivity index (χ4v) is 1.73. The van der Waals surface area contributed by atoms with E-state index in [1.165, 1.54) is 0 Å². The SMILES string of the molecule is CCC(=O)CCC(=O)CCC(=O)CCCCCOC. The van der Waals surface area contributed by atoms with Gasteiger partial charge in [0.05, 0.1) is 0 Å². The van der Waals surface area contributed by atoms with Crippen molar-refractivity contribution in [1.29, 1.82) is 0 Å². The number of methoxy groups -OCH3 is 1. The average Bonchev–Trinajstić information content (AvgIpc) is 2.42. The summed E-state index contributed by atoms with van der Waals surface area (Å²) in [6, 6.07) is 0. The number of carbonyl (C=O) groups is 3. The molecular weight excluding hydrogens is 244 g/mol. The van der Waals surface area contributed by atoms with Crippen molar-refractivity contribution >= 4 is 17.3 Å². The van der Waals surface area contributed by atoms with Crippen molar-refractivity contribution in [3.8, 4) is 0 Å². The van der Waals surface area contributed by atoms with E-state index < -0.39 is 0 Å². The topological polar surface area (TPSA) is 60.4 Å². The summed E-state index contributed by atoms with van der Waals surface area (Å²) in [7, 11) is 1.67. The summed E-state index contributed by atoms with van der Waals surface area (Å²) in [5, 5.41) is 0. The monoisotopic (exact) mass is 270 g/mol. The molecule has 19 heavy (non-hydrogen) atoms. The molecule has 0 aromatic carbocycles. The summed E-state index contributed by atoms with van der Waals surface area (Å²) in [5.41, 5.74) is 0. The van der Waals surface area contributed by atoms with Gasteiger partial charge in [0.15, 0.2) is 0 Å². The van der Waals surface area contributed by atoms with Crippen LogP contribution in [0.15, 0.2) is 0 Å². The first kappa shape index (κ1) is 18.0. The van der Waals surface area contributed by atoms with Gasteiger partial charge in [0.2, 0.25) is 0 Å². The van der Waals surface area contributed by atoms with E-state index in [9.17, 15) is 14.4 Å². The standard InChI is InChI=1S/C15H26O4/c1-3-13(16)8-9-15(18)11-10-14(17)7-5-4-6-12-19-2/h3-12H2,1-2H3. The summed E-state index contributed by atoms with van der Waals surface area (Å²) in [4.78, 5) is 34.0. The van der Waals surface area contributed by atoms with Gasteiger partial charge in [-0.15, -0.1) is 0 Å². The Hall–Kier alpha value is -1.03. The molecule has 0 atom stereocenters. The lowest BCUT2D eigenvalue weighted by Gasteiger charge is -2.02. The fourth-order valence-electron chi connectivity index (χ4n) is 1.73. The lowest BCUT2D eigenvalue weighted by Crippen LogP contribution is -2.06. The smallest absolute Gasteiger partial charge is 0.133 e. The number of Topliss-reactive ketones (excluding diaryl/α,β-unsaturated/α-hetero) is 3. The van der Waals surface area contributed by atoms with Crippen LogP contribution in [0.1, 0.15) is 64.7 Å². The zero-order valence-electron chi connectivity index (χ0n) is 12.2. The molecule has 0 saturated heterocycles. The largest absolute Gasteiger partial charge is 0.385 e. The Morgan fingerprint density at radius 2 is 1.26 bits per heavy atom. The van der Waals surface area contributed by atoms with Crippen molar-refractivity contribution < 1.29 is 19.1 Å². The molecule has 0 aliphatic carbocycles. The van der Waals surface area contributed by atoms with Gasteiger partial charge in [-0.3, -0.25) is 14.4 Å². The number of rotatable bonds is 13. The van der Waals surface area contributed by atoms with Crippen molar-refractivity contribution in [1.82, 2.24) is 0 Å². The zero-order chi connectivity index (χ0) is 14.5. The van der Waals surface area contributed by atoms with Crippen LogP contribution in [-0.4, -0.2) is 31.1 Å². The third-order valence-corrected chi connectivity index (χ3v) is 3.06. The number of ether oxygens (including phenoxy) is 1. The van der Waals surface area contributed by atoms with Crippen molar-refractivity contribution in [2.75, 3.05) is 13.7 Å². The van der Waals surface area contributed by atoms with Crippen molar-refractivity contribution in [3.63, 3.8) is 0 Å². The molecule has 0 aliphatic heterocycles. The van der Waals surface area contributed by atoms with E-state index in [1.807, 2.05) is 0 Å². The molecule has 0 spiro atoms. The summed E-state index contributed by atoms with van der Waals surface area (Å²) >= 11 is 0. The fraction of sp³-hybridized carbons (Fsp3) is 0.800. The van der Waals surface area contributed by atoms with Crippen LogP contribution < -0.4 is 0 Å². The van der Waals surface area contributed by atoms with Gasteiger partial charge in [-0.1, -0.05) is 13.3 Å². The predicted octanol–water partition coefficient (Wildman–Crippen LogP) is 2.87. The molecule has 0 fully saturated rings. The minimum atomic E-state index is 0.0227. The van der Waals surface area contributed by atoms with Crippen LogP contribution in [0.4, 0.5) is 0 Å². The highest BCUT2D eigenvalue weighted by atomic mass is 16.5. The first-order valence-corrected chi connectivity index (χ1v) is 7.14. The van der Waals surface area contributed by atoms with Gasteiger partial charge >= 0.3 is 0 Å². The second kappa shape index (κ2) is 12.0. The Balaban J connectivity index is 3.50. The summed E-state index contributed by atoms with van der Waals surface area (Å²) in [6.45, 7) is 2.53. The molecule has 4 nitrogen and oxygen atoms in total. The molecule has 0 heterocycles. The van der Waals surface area contributed by atoms with E-state index in [4.69, 9.17) is 4.74 Å². The third-order valence-electron chi connectivity index (χ3n) is 3.06. The summed E-state index contributed by atoms with van der Waals surface area (Å²) < 4.78 is 4.93. The molecule has 0 amide bonds. The second-order valence-electron chi connectivity index (χ2n) is 4.77. The minimum absolute atomic E-state index is 0.0227. The van der Waals surface area contributed by atoms with Crippen LogP contribution in [0.25, 0.3) is 0 Å². The van der Waals surface area contributed by atoms with E-state index in [0.29, 0.717) is 25.7 Å². The highest BCUT2D eigenvalue weighted by molar-refractivity contribution is 5.88. The van der Waals surface area contributed by atoms with E-state index in [2.05, 4.69) is 0 Å². The molecular formula is C15H26O4. The normalized spacial score (nSPS) is 10.4. The molecule has 0 bridgehead atoms. The highest BCUT2D eigenvalue weighted by Crippen LogP contribution is 2.06. The number of hydrogen-bond donors (Lipinski definition) is 0. The van der Waals surface area contributed by atoms with Crippen LogP contribution in [0.2, 0.25) is 0 Å². The van der Waals surface area contributed by atoms with Gasteiger partial charge in [0, 0.05) is 52.2 Å². The van der Waals surface area contributed by atoms with E-state index in [-0.39, 0.29) is 30.2 Å². The minimum Gasteiger partial charge on any atom is -0.385 e. The zero-order valence-corrected chi connectivity index (χ0v) is 12.2. The predicted molar refractivity (Wildman–Crippen MR) is 74.1 cm³/mol. The van der Waals surface area contributed by atoms with Crippen LogP contribution in [-0.2, 0) is 19.1 Å². The molecule has 0 aromatic heterocycles. The number of carbonyl (C=O) groups excluding carboxylic acids is 3. The average molecular weight is 270 g/mol. The lowest BCUT2D eigenvalue weighted by molar-refractivity contribution is -0.126. The lowest BCUT2D eigenvalue weighted by atomic mass is 10.0. The molecule has 0 radical (unpaired) electrons. The van der Waals surface area contributed by atoms with Crippen LogP contribution in [0.5, 0.6) is 0 Å². The molecule has 110 valence electrons. The second-order valence-corrected chi connectivity index (χ2v) is 4.77. The number of hydrogen-bond acceptors (Lipinski definition) is 4. The van der Waals surface area contributed by atoms with Gasteiger partial charge in [0.1, 0.15) is 17.3 Å². The first-order valence-electron chi connectivity index (χ1n) is 7.14. The van der Waals surface area contributed by atoms with Crippen molar-refractivity contribution in [2.45, 2.75) is 64.7 Å². The number of unbranched alkanes of at least 4 members (excludes halogenated alkanes) is 2. The summed E-state index contributed by atoms with van der Waals surface area (Å²) in [5.74, 6) is 0.278. The molecule has 0 unspecified atom stereocenters. The van der Waals surface area contributed by atoms with Crippen molar-refractivity contribution in [3.05, 3.63) is 0 Å². The van der Waals surface area contributed by atoms with E-state index in [0.717, 1.165) is 25.9 Å². The van der Waals surface area contributed by atoms with Gasteiger partial charge in [0.25, 0.3) is 0 Å². The number of ketones is 3. The Kier molecular flexibility index (Phi) is 11.4.